The molecule has 80 valence electrons. The molecule has 2 N–H and O–H groups in total. The summed E-state index contributed by atoms with van der Waals surface area (Å²) in [6, 6.07) is 5.77. The number of Topliss-reactive ketones (excluding diaryl/α,β-unsaturated/α-hetero) is 2. The molecule has 0 radical (unpaired) electrons. The summed E-state index contributed by atoms with van der Waals surface area (Å²) in [5.74, 6) is -4.30. The van der Waals surface area contributed by atoms with Crippen molar-refractivity contribution in [3.63, 3.8) is 0 Å². The van der Waals surface area contributed by atoms with Crippen LogP contribution in [0.5, 0.6) is 0 Å². The Bertz CT molecular complexity index is 553. The van der Waals surface area contributed by atoms with Crippen molar-refractivity contribution >= 4 is 17.5 Å². The lowest BCUT2D eigenvalue weighted by Crippen LogP contribution is -2.26. The SMILES string of the molecule is O=C(O)C1=C(O)C(=O)c2ccccc2C1=O. The molecule has 0 heterocycles. The second kappa shape index (κ2) is 3.30. The molecule has 1 aliphatic carbocycles. The number of ketones is 2. The molecule has 0 unspecified atom stereocenters. The third kappa shape index (κ3) is 1.22. The zero-order valence-corrected chi connectivity index (χ0v) is 7.93. The van der Waals surface area contributed by atoms with Crippen LogP contribution in [-0.2, 0) is 4.79 Å². The van der Waals surface area contributed by atoms with Gasteiger partial charge in [0.2, 0.25) is 11.6 Å². The third-order valence-electron chi connectivity index (χ3n) is 2.31. The van der Waals surface area contributed by atoms with Crippen LogP contribution in [0, 0.1) is 0 Å². The fraction of sp³-hybridized carbons (Fsp3) is 0. The van der Waals surface area contributed by atoms with Crippen LogP contribution >= 0.6 is 0 Å². The van der Waals surface area contributed by atoms with Gasteiger partial charge < -0.3 is 10.2 Å². The number of aliphatic hydroxyl groups excluding tert-OH is 1. The number of benzene rings is 1. The average Bonchev–Trinajstić information content (AvgIpc) is 2.26. The summed E-state index contributed by atoms with van der Waals surface area (Å²) < 4.78 is 0. The molecule has 5 nitrogen and oxygen atoms in total. The highest BCUT2D eigenvalue weighted by atomic mass is 16.4. The molecule has 1 aliphatic rings. The van der Waals surface area contributed by atoms with Crippen molar-refractivity contribution in [2.45, 2.75) is 0 Å². The molecule has 2 rings (SSSR count). The average molecular weight is 218 g/mol. The zero-order chi connectivity index (χ0) is 11.9. The second-order valence-electron chi connectivity index (χ2n) is 3.23. The van der Waals surface area contributed by atoms with Gasteiger partial charge in [-0.05, 0) is 0 Å². The van der Waals surface area contributed by atoms with E-state index in [1.165, 1.54) is 24.3 Å². The molecule has 0 saturated carbocycles. The van der Waals surface area contributed by atoms with E-state index in [4.69, 9.17) is 5.11 Å². The van der Waals surface area contributed by atoms with E-state index in [1.54, 1.807) is 0 Å². The maximum Gasteiger partial charge on any atom is 0.343 e. The highest BCUT2D eigenvalue weighted by Gasteiger charge is 2.35. The number of fused-ring (bicyclic) bond motifs is 1. The summed E-state index contributed by atoms with van der Waals surface area (Å²) in [5.41, 5.74) is -0.846. The van der Waals surface area contributed by atoms with Crippen molar-refractivity contribution in [2.75, 3.05) is 0 Å². The van der Waals surface area contributed by atoms with Gasteiger partial charge in [-0.25, -0.2) is 4.79 Å². The van der Waals surface area contributed by atoms with Crippen LogP contribution < -0.4 is 0 Å². The van der Waals surface area contributed by atoms with Crippen LogP contribution in [0.2, 0.25) is 0 Å². The second-order valence-corrected chi connectivity index (χ2v) is 3.23. The van der Waals surface area contributed by atoms with Crippen LogP contribution in [0.3, 0.4) is 0 Å². The first-order valence-corrected chi connectivity index (χ1v) is 4.39. The number of rotatable bonds is 1. The van der Waals surface area contributed by atoms with E-state index < -0.39 is 28.9 Å². The fourth-order valence-electron chi connectivity index (χ4n) is 1.56. The fourth-order valence-corrected chi connectivity index (χ4v) is 1.56. The number of carboxylic acid groups (broad SMARTS) is 1. The Morgan fingerprint density at radius 3 is 2.00 bits per heavy atom. The van der Waals surface area contributed by atoms with Gasteiger partial charge in [-0.15, -0.1) is 0 Å². The molecule has 1 aromatic rings. The van der Waals surface area contributed by atoms with Gasteiger partial charge in [0.15, 0.2) is 11.3 Å². The van der Waals surface area contributed by atoms with E-state index in [-0.39, 0.29) is 11.1 Å². The quantitative estimate of drug-likeness (QED) is 0.685. The monoisotopic (exact) mass is 218 g/mol. The van der Waals surface area contributed by atoms with Crippen molar-refractivity contribution in [1.29, 1.82) is 0 Å². The van der Waals surface area contributed by atoms with E-state index in [2.05, 4.69) is 0 Å². The van der Waals surface area contributed by atoms with Gasteiger partial charge in [-0.3, -0.25) is 9.59 Å². The van der Waals surface area contributed by atoms with Gasteiger partial charge >= 0.3 is 5.97 Å². The van der Waals surface area contributed by atoms with Crippen LogP contribution in [0.1, 0.15) is 20.7 Å². The van der Waals surface area contributed by atoms with E-state index in [0.717, 1.165) is 0 Å². The molecule has 0 aliphatic heterocycles. The molecular formula is C11H6O5. The number of carbonyl (C=O) groups excluding carboxylic acids is 2. The topological polar surface area (TPSA) is 91.7 Å². The summed E-state index contributed by atoms with van der Waals surface area (Å²) in [5, 5.41) is 18.1. The van der Waals surface area contributed by atoms with Crippen molar-refractivity contribution < 1.29 is 24.6 Å². The number of aliphatic hydroxyl groups is 1. The maximum absolute atomic E-state index is 11.7. The number of carboxylic acids is 1. The standard InChI is InChI=1S/C11H6O5/c12-8-5-3-1-2-4-6(5)9(13)10(14)7(8)11(15)16/h1-4,14H,(H,15,16). The molecule has 0 fully saturated rings. The van der Waals surface area contributed by atoms with Crippen LogP contribution in [0.25, 0.3) is 0 Å². The number of carbonyl (C=O) groups is 3. The van der Waals surface area contributed by atoms with E-state index in [1.807, 2.05) is 0 Å². The normalized spacial score (nSPS) is 15.0. The Balaban J connectivity index is 2.73. The van der Waals surface area contributed by atoms with Crippen LogP contribution in [0.4, 0.5) is 0 Å². The highest BCUT2D eigenvalue weighted by molar-refractivity contribution is 6.34. The lowest BCUT2D eigenvalue weighted by Gasteiger charge is -2.14. The molecule has 0 atom stereocenters. The first-order chi connectivity index (χ1) is 7.54. The number of hydrogen-bond acceptors (Lipinski definition) is 4. The summed E-state index contributed by atoms with van der Waals surface area (Å²) in [6.07, 6.45) is 0. The molecule has 0 saturated heterocycles. The Morgan fingerprint density at radius 2 is 1.50 bits per heavy atom. The Labute approximate surface area is 89.6 Å². The molecule has 5 heteroatoms. The van der Waals surface area contributed by atoms with E-state index in [0.29, 0.717) is 0 Å². The van der Waals surface area contributed by atoms with E-state index >= 15 is 0 Å². The van der Waals surface area contributed by atoms with Crippen molar-refractivity contribution in [3.8, 4) is 0 Å². The van der Waals surface area contributed by atoms with Gasteiger partial charge in [0.05, 0.1) is 0 Å². The molecule has 1 aromatic carbocycles. The molecular weight excluding hydrogens is 212 g/mol. The zero-order valence-electron chi connectivity index (χ0n) is 7.93. The predicted molar refractivity (Wildman–Crippen MR) is 52.4 cm³/mol. The first-order valence-electron chi connectivity index (χ1n) is 4.39. The Morgan fingerprint density at radius 1 is 1.00 bits per heavy atom. The lowest BCUT2D eigenvalue weighted by atomic mass is 9.88. The minimum Gasteiger partial charge on any atom is -0.503 e. The van der Waals surface area contributed by atoms with Gasteiger partial charge in [0.25, 0.3) is 0 Å². The Hall–Kier alpha value is -2.43. The molecule has 0 aromatic heterocycles. The summed E-state index contributed by atoms with van der Waals surface area (Å²) in [6.45, 7) is 0. The first kappa shape index (κ1) is 10.1. The number of hydrogen-bond donors (Lipinski definition) is 2. The highest BCUT2D eigenvalue weighted by Crippen LogP contribution is 2.24. The molecule has 0 spiro atoms. The molecule has 0 bridgehead atoms. The Kier molecular flexibility index (Phi) is 2.09. The maximum atomic E-state index is 11.7. The van der Waals surface area contributed by atoms with Crippen molar-refractivity contribution in [2.24, 2.45) is 0 Å². The van der Waals surface area contributed by atoms with Gasteiger partial charge in [-0.2, -0.15) is 0 Å². The smallest absolute Gasteiger partial charge is 0.343 e. The van der Waals surface area contributed by atoms with E-state index in [9.17, 15) is 19.5 Å². The van der Waals surface area contributed by atoms with Gasteiger partial charge in [0.1, 0.15) is 0 Å². The number of allylic oxidation sites excluding steroid dienone is 1. The lowest BCUT2D eigenvalue weighted by molar-refractivity contribution is -0.132. The van der Waals surface area contributed by atoms with Crippen LogP contribution in [-0.4, -0.2) is 27.7 Å². The van der Waals surface area contributed by atoms with Crippen molar-refractivity contribution in [1.82, 2.24) is 0 Å². The summed E-state index contributed by atoms with van der Waals surface area (Å²) >= 11 is 0. The minimum absolute atomic E-state index is 0.00250. The van der Waals surface area contributed by atoms with Crippen molar-refractivity contribution in [3.05, 3.63) is 46.7 Å². The third-order valence-corrected chi connectivity index (χ3v) is 2.31. The van der Waals surface area contributed by atoms with Gasteiger partial charge in [0, 0.05) is 11.1 Å². The largest absolute Gasteiger partial charge is 0.503 e. The summed E-state index contributed by atoms with van der Waals surface area (Å²) in [4.78, 5) is 34.0. The predicted octanol–water partition coefficient (Wildman–Crippen LogP) is 0.962. The minimum atomic E-state index is -1.61. The van der Waals surface area contributed by atoms with Gasteiger partial charge in [-0.1, -0.05) is 24.3 Å². The molecule has 16 heavy (non-hydrogen) atoms. The summed E-state index contributed by atoms with van der Waals surface area (Å²) in [7, 11) is 0. The number of aliphatic carboxylic acids is 1. The van der Waals surface area contributed by atoms with Crippen LogP contribution in [0.15, 0.2) is 35.6 Å². The molecule has 0 amide bonds.